The molecule has 62 heavy (non-hydrogen) atoms. The van der Waals surface area contributed by atoms with E-state index in [2.05, 4.69) is 20.9 Å². The molecule has 7 rings (SSSR count). The highest BCUT2D eigenvalue weighted by atomic mass is 28.4. The highest BCUT2D eigenvalue weighted by molar-refractivity contribution is 6.71. The van der Waals surface area contributed by atoms with Gasteiger partial charge in [0.1, 0.15) is 36.6 Å². The molecule has 0 aliphatic carbocycles. The van der Waals surface area contributed by atoms with Crippen molar-refractivity contribution in [3.63, 3.8) is 0 Å². The van der Waals surface area contributed by atoms with Crippen LogP contribution in [0.3, 0.4) is 0 Å². The largest absolute Gasteiger partial charge is 0.432 e. The van der Waals surface area contributed by atoms with Crippen molar-refractivity contribution in [2.24, 2.45) is 5.92 Å². The number of rotatable bonds is 12. The summed E-state index contributed by atoms with van der Waals surface area (Å²) in [6.45, 7) is 5.41. The van der Waals surface area contributed by atoms with Crippen LogP contribution in [0.15, 0.2) is 48.7 Å². The van der Waals surface area contributed by atoms with Gasteiger partial charge in [-0.15, -0.1) is 5.10 Å². The van der Waals surface area contributed by atoms with Gasteiger partial charge in [-0.05, 0) is 55.4 Å². The van der Waals surface area contributed by atoms with Gasteiger partial charge in [0, 0.05) is 54.2 Å². The minimum absolute atomic E-state index is 0.0899. The first-order valence-electron chi connectivity index (χ1n) is 20.1. The Kier molecular flexibility index (Phi) is 13.0. The molecule has 5 heterocycles. The minimum Gasteiger partial charge on any atom is -0.432 e. The number of aliphatic hydroxyl groups excluding tert-OH is 9. The van der Waals surface area contributed by atoms with Gasteiger partial charge >= 0.3 is 0 Å². The Morgan fingerprint density at radius 3 is 2.02 bits per heavy atom. The van der Waals surface area contributed by atoms with E-state index in [0.717, 1.165) is 0 Å². The van der Waals surface area contributed by atoms with E-state index in [1.54, 1.807) is 48.2 Å². The summed E-state index contributed by atoms with van der Waals surface area (Å²) in [5.41, 5.74) is -0.155. The first-order chi connectivity index (χ1) is 29.3. The summed E-state index contributed by atoms with van der Waals surface area (Å²) in [7, 11) is -3.15. The number of amides is 3. The van der Waals surface area contributed by atoms with Crippen molar-refractivity contribution in [1.82, 2.24) is 15.0 Å². The van der Waals surface area contributed by atoms with Crippen molar-refractivity contribution in [2.45, 2.75) is 125 Å². The molecule has 3 aromatic rings. The minimum atomic E-state index is -3.15. The van der Waals surface area contributed by atoms with Gasteiger partial charge in [0.2, 0.25) is 0 Å². The summed E-state index contributed by atoms with van der Waals surface area (Å²) in [5.74, 6) is -3.06. The van der Waals surface area contributed by atoms with Crippen molar-refractivity contribution in [1.29, 1.82) is 0 Å². The molecule has 23 heteroatoms. The molecule has 0 saturated carbocycles. The van der Waals surface area contributed by atoms with Crippen LogP contribution in [-0.4, -0.2) is 166 Å². The average Bonchev–Trinajstić information content (AvgIpc) is 3.87. The van der Waals surface area contributed by atoms with Crippen LogP contribution in [0.4, 0.5) is 17.1 Å². The maximum absolute atomic E-state index is 15.2. The van der Waals surface area contributed by atoms with Gasteiger partial charge in [-0.1, -0.05) is 24.3 Å². The zero-order valence-electron chi connectivity index (χ0n) is 33.9. The fourth-order valence-corrected chi connectivity index (χ4v) is 11.6. The number of ether oxygens (including phenoxy) is 3. The molecule has 14 atom stereocenters. The number of nitrogens with zero attached hydrogens (tertiary/aromatic N) is 4. The molecule has 4 aliphatic rings. The number of benzene rings is 2. The van der Waals surface area contributed by atoms with Crippen LogP contribution in [0, 0.1) is 5.92 Å². The van der Waals surface area contributed by atoms with Crippen LogP contribution >= 0.6 is 0 Å². The van der Waals surface area contributed by atoms with Crippen molar-refractivity contribution >= 4 is 43.1 Å². The summed E-state index contributed by atoms with van der Waals surface area (Å²) in [6, 6.07) is 10.9. The number of aromatic nitrogens is 3. The van der Waals surface area contributed by atoms with E-state index in [1.807, 2.05) is 6.92 Å². The monoisotopic (exact) mass is 888 g/mol. The molecule has 1 aromatic heterocycles. The van der Waals surface area contributed by atoms with Crippen LogP contribution in [0.5, 0.6) is 0 Å². The maximum atomic E-state index is 15.2. The summed E-state index contributed by atoms with van der Waals surface area (Å²) < 4.78 is 18.7. The van der Waals surface area contributed by atoms with E-state index in [-0.39, 0.29) is 24.5 Å². The summed E-state index contributed by atoms with van der Waals surface area (Å²) >= 11 is 0. The zero-order valence-corrected chi connectivity index (χ0v) is 34.9. The van der Waals surface area contributed by atoms with Crippen molar-refractivity contribution in [3.05, 3.63) is 65.5 Å². The zero-order chi connectivity index (χ0) is 45.0. The highest BCUT2D eigenvalue weighted by Crippen LogP contribution is 2.60. The SMILES string of the molecule is C[C@@H]1[C@@H]([Si](C)(C)O)[C@H](CCn2cc(CCO)nn2)O[C@@]12C(=O)N(Cc1cccc(NC(=O)[C@H]3O[C@@H](O)[C@H](O)[C@@H](O)[C@@H]3O)c1)c1ccc(NC(=O)[C@H]3O[C@@H](O)[C@H](O)[C@@H](O)[C@@H]3O)cc12. The Bertz CT molecular complexity index is 2140. The number of anilines is 3. The predicted octanol–water partition coefficient (Wildman–Crippen LogP) is -3.28. The van der Waals surface area contributed by atoms with Gasteiger partial charge in [0.05, 0.1) is 24.0 Å². The van der Waals surface area contributed by atoms with Crippen molar-refractivity contribution < 1.29 is 79.3 Å². The molecule has 0 bridgehead atoms. The molecule has 3 saturated heterocycles. The van der Waals surface area contributed by atoms with Gasteiger partial charge < -0.3 is 80.5 Å². The molecule has 2 aromatic carbocycles. The Morgan fingerprint density at radius 1 is 0.839 bits per heavy atom. The molecular weight excluding hydrogens is 837 g/mol. The number of carbonyl (C=O) groups excluding carboxylic acids is 3. The lowest BCUT2D eigenvalue weighted by atomic mass is 9.82. The Morgan fingerprint density at radius 2 is 1.44 bits per heavy atom. The smallest absolute Gasteiger partial charge is 0.264 e. The van der Waals surface area contributed by atoms with E-state index in [9.17, 15) is 60.3 Å². The number of fused-ring (bicyclic) bond motifs is 2. The topological polar surface area (TPSA) is 339 Å². The number of aliphatic hydroxyl groups is 9. The lowest BCUT2D eigenvalue weighted by Crippen LogP contribution is -2.60. The van der Waals surface area contributed by atoms with E-state index in [0.29, 0.717) is 41.9 Å². The lowest BCUT2D eigenvalue weighted by Gasteiger charge is -2.37. The van der Waals surface area contributed by atoms with Gasteiger partial charge in [0.15, 0.2) is 38.7 Å². The third-order valence-corrected chi connectivity index (χ3v) is 14.6. The highest BCUT2D eigenvalue weighted by Gasteiger charge is 2.66. The van der Waals surface area contributed by atoms with Gasteiger partial charge in [-0.2, -0.15) is 0 Å². The van der Waals surface area contributed by atoms with Gasteiger partial charge in [0.25, 0.3) is 17.7 Å². The predicted molar refractivity (Wildman–Crippen MR) is 214 cm³/mol. The second-order valence-corrected chi connectivity index (χ2v) is 20.7. The summed E-state index contributed by atoms with van der Waals surface area (Å²) in [5, 5.41) is 104. The second kappa shape index (κ2) is 17.7. The maximum Gasteiger partial charge on any atom is 0.264 e. The standard InChI is InChI=1S/C39H52N6O16Si/c1-17-33(62(2,3)58)24(9-11-44-16-21(10-12-46)42-43-44)61-39(17)22-14-20(41-35(54)32-28(50)26(48)30(52)37(56)60-32)7-8-23(22)45(38(39)57)15-18-5-4-6-19(13-18)40-34(53)31-27(49)25(47)29(51)36(55)59-31/h4-8,13-14,16-17,24-33,36-37,46-52,55-56,58H,9-12,15H2,1-3H3,(H,40,53)(H,41,54)/t17-,24+,25+,26+,27+,28+,29-,30-,31+,32+,33-,36-,37-,39+/m1/s1. The lowest BCUT2D eigenvalue weighted by molar-refractivity contribution is -0.274. The number of hydrogen-bond donors (Lipinski definition) is 12. The number of carbonyl (C=O) groups is 3. The molecular formula is C39H52N6O16Si. The molecule has 0 unspecified atom stereocenters. The van der Waals surface area contributed by atoms with Gasteiger partial charge in [-0.3, -0.25) is 19.1 Å². The van der Waals surface area contributed by atoms with Crippen LogP contribution in [-0.2, 0) is 53.7 Å². The normalized spacial score (nSPS) is 34.7. The van der Waals surface area contributed by atoms with E-state index < -0.39 is 111 Å². The van der Waals surface area contributed by atoms with Crippen molar-refractivity contribution in [2.75, 3.05) is 22.1 Å². The van der Waals surface area contributed by atoms with Crippen LogP contribution in [0.25, 0.3) is 0 Å². The number of nitrogens with one attached hydrogen (secondary N) is 2. The Hall–Kier alpha value is -4.31. The quantitative estimate of drug-likeness (QED) is 0.0794. The van der Waals surface area contributed by atoms with Gasteiger partial charge in [-0.25, -0.2) is 0 Å². The Balaban J connectivity index is 1.21. The van der Waals surface area contributed by atoms with Crippen LogP contribution in [0.2, 0.25) is 18.6 Å². The summed E-state index contributed by atoms with van der Waals surface area (Å²) in [6.07, 6.45) is -17.1. The fourth-order valence-electron chi connectivity index (χ4n) is 9.03. The molecule has 1 spiro atoms. The summed E-state index contributed by atoms with van der Waals surface area (Å²) in [4.78, 5) is 55.0. The third kappa shape index (κ3) is 8.41. The molecule has 3 amide bonds. The number of aryl methyl sites for hydroxylation is 1. The molecule has 22 nitrogen and oxygen atoms in total. The van der Waals surface area contributed by atoms with Crippen molar-refractivity contribution in [3.8, 4) is 0 Å². The second-order valence-electron chi connectivity index (χ2n) is 16.7. The molecule has 0 radical (unpaired) electrons. The molecule has 3 fully saturated rings. The van der Waals surface area contributed by atoms with E-state index in [4.69, 9.17) is 14.2 Å². The third-order valence-electron chi connectivity index (χ3n) is 12.1. The number of hydrogen-bond acceptors (Lipinski definition) is 18. The molecule has 4 aliphatic heterocycles. The van der Waals surface area contributed by atoms with E-state index in [1.165, 1.54) is 23.1 Å². The van der Waals surface area contributed by atoms with E-state index >= 15 is 4.79 Å². The average molecular weight is 889 g/mol. The van der Waals surface area contributed by atoms with Crippen LogP contribution < -0.4 is 15.5 Å². The van der Waals surface area contributed by atoms with Crippen LogP contribution in [0.1, 0.15) is 30.2 Å². The first-order valence-corrected chi connectivity index (χ1v) is 23.1. The molecule has 12 N–H and O–H groups in total. The first kappa shape index (κ1) is 45.7. The fraction of sp³-hybridized carbons (Fsp3) is 0.564. The molecule has 338 valence electrons. The Labute approximate surface area is 355 Å².